The molecule has 4 saturated carbocycles. The number of hydrogen-bond donors (Lipinski definition) is 1. The molecule has 0 bridgehead atoms. The molecule has 5 heteroatoms. The van der Waals surface area contributed by atoms with Crippen LogP contribution in [0.25, 0.3) is 0 Å². The SMILES string of the molecule is C=C1CCC[C@]2(C)C[C@@H]3OC(=O)[C@H](CNC[C@@H]4C(=O)O[C@@H]5C[C@]6(C)CCCC(=C)[C@@H]6C[C@H]45)[C@H]3C[C@H]12. The number of fused-ring (bicyclic) bond motifs is 4. The van der Waals surface area contributed by atoms with Crippen LogP contribution in [0.2, 0.25) is 0 Å². The molecule has 0 spiro atoms. The number of carbonyl (C=O) groups excluding carboxylic acids is 2. The Bertz CT molecular complexity index is 869. The van der Waals surface area contributed by atoms with Crippen LogP contribution >= 0.6 is 0 Å². The van der Waals surface area contributed by atoms with Crippen LogP contribution in [0.15, 0.2) is 24.3 Å². The molecule has 192 valence electrons. The van der Waals surface area contributed by atoms with Crippen LogP contribution in [0.3, 0.4) is 0 Å². The van der Waals surface area contributed by atoms with Gasteiger partial charge in [-0.3, -0.25) is 9.59 Å². The van der Waals surface area contributed by atoms with E-state index < -0.39 is 0 Å². The molecule has 0 aromatic heterocycles. The number of esters is 2. The van der Waals surface area contributed by atoms with Gasteiger partial charge in [0.25, 0.3) is 0 Å². The number of ether oxygens (including phenoxy) is 2. The molecule has 2 aliphatic heterocycles. The van der Waals surface area contributed by atoms with Crippen LogP contribution in [0.4, 0.5) is 0 Å². The molecular formula is C30H43NO4. The molecule has 0 radical (unpaired) electrons. The molecule has 6 rings (SSSR count). The lowest BCUT2D eigenvalue weighted by Gasteiger charge is -2.50. The summed E-state index contributed by atoms with van der Waals surface area (Å²) in [7, 11) is 0. The molecule has 0 unspecified atom stereocenters. The Labute approximate surface area is 210 Å². The smallest absolute Gasteiger partial charge is 0.310 e. The fourth-order valence-corrected chi connectivity index (χ4v) is 9.37. The largest absolute Gasteiger partial charge is 0.462 e. The molecule has 0 aromatic carbocycles. The van der Waals surface area contributed by atoms with Gasteiger partial charge in [0, 0.05) is 24.9 Å². The summed E-state index contributed by atoms with van der Waals surface area (Å²) in [5.74, 6) is 1.15. The summed E-state index contributed by atoms with van der Waals surface area (Å²) in [6.45, 7) is 14.7. The van der Waals surface area contributed by atoms with Crippen molar-refractivity contribution in [2.75, 3.05) is 13.1 Å². The number of hydrogen-bond acceptors (Lipinski definition) is 5. The van der Waals surface area contributed by atoms with Gasteiger partial charge in [0.1, 0.15) is 12.2 Å². The highest BCUT2D eigenvalue weighted by Crippen LogP contribution is 2.58. The molecule has 1 N–H and O–H groups in total. The first-order valence-corrected chi connectivity index (χ1v) is 14.2. The van der Waals surface area contributed by atoms with Gasteiger partial charge in [-0.25, -0.2) is 0 Å². The zero-order valence-corrected chi connectivity index (χ0v) is 21.7. The van der Waals surface area contributed by atoms with E-state index in [-0.39, 0.29) is 58.6 Å². The average Bonchev–Trinajstić information content (AvgIpc) is 3.25. The third-order valence-electron chi connectivity index (χ3n) is 11.4. The molecule has 0 amide bonds. The van der Waals surface area contributed by atoms with Crippen molar-refractivity contribution in [3.05, 3.63) is 24.3 Å². The van der Waals surface area contributed by atoms with Gasteiger partial charge in [0.05, 0.1) is 11.8 Å². The Kier molecular flexibility index (Phi) is 5.75. The van der Waals surface area contributed by atoms with Gasteiger partial charge in [-0.15, -0.1) is 0 Å². The first-order valence-electron chi connectivity index (χ1n) is 14.2. The van der Waals surface area contributed by atoms with Crippen LogP contribution in [-0.4, -0.2) is 37.2 Å². The maximum Gasteiger partial charge on any atom is 0.310 e. The Balaban J connectivity index is 1.10. The van der Waals surface area contributed by atoms with E-state index in [9.17, 15) is 9.59 Å². The zero-order valence-electron chi connectivity index (χ0n) is 21.7. The summed E-state index contributed by atoms with van der Waals surface area (Å²) in [6.07, 6.45) is 11.1. The monoisotopic (exact) mass is 481 g/mol. The molecular weight excluding hydrogens is 438 g/mol. The van der Waals surface area contributed by atoms with Crippen LogP contribution < -0.4 is 5.32 Å². The van der Waals surface area contributed by atoms with E-state index in [4.69, 9.17) is 9.47 Å². The third-order valence-corrected chi connectivity index (χ3v) is 11.4. The van der Waals surface area contributed by atoms with Gasteiger partial charge in [0.2, 0.25) is 0 Å². The summed E-state index contributed by atoms with van der Waals surface area (Å²) in [6, 6.07) is 0. The van der Waals surface area contributed by atoms with Crippen molar-refractivity contribution >= 4 is 11.9 Å². The first-order chi connectivity index (χ1) is 16.7. The fourth-order valence-electron chi connectivity index (χ4n) is 9.37. The summed E-state index contributed by atoms with van der Waals surface area (Å²) in [5, 5.41) is 3.54. The zero-order chi connectivity index (χ0) is 24.5. The van der Waals surface area contributed by atoms with E-state index >= 15 is 0 Å². The second kappa shape index (κ2) is 8.46. The Morgan fingerprint density at radius 2 is 1.23 bits per heavy atom. The van der Waals surface area contributed by atoms with E-state index in [2.05, 4.69) is 32.3 Å². The summed E-state index contributed by atoms with van der Waals surface area (Å²) in [5.41, 5.74) is 3.19. The second-order valence-corrected chi connectivity index (χ2v) is 13.5. The summed E-state index contributed by atoms with van der Waals surface area (Å²) >= 11 is 0. The van der Waals surface area contributed by atoms with E-state index in [1.807, 2.05) is 0 Å². The third kappa shape index (κ3) is 3.83. The van der Waals surface area contributed by atoms with Crippen molar-refractivity contribution < 1.29 is 19.1 Å². The van der Waals surface area contributed by atoms with Gasteiger partial charge in [-0.05, 0) is 86.9 Å². The van der Waals surface area contributed by atoms with Gasteiger partial charge >= 0.3 is 11.9 Å². The van der Waals surface area contributed by atoms with E-state index in [1.54, 1.807) is 0 Å². The molecule has 6 aliphatic rings. The molecule has 10 atom stereocenters. The fraction of sp³-hybridized carbons (Fsp3) is 0.800. The molecule has 4 aliphatic carbocycles. The number of allylic oxidation sites excluding steroid dienone is 2. The van der Waals surface area contributed by atoms with E-state index in [0.29, 0.717) is 24.9 Å². The minimum absolute atomic E-state index is 0.0376. The van der Waals surface area contributed by atoms with Crippen LogP contribution in [0.1, 0.15) is 78.1 Å². The Hall–Kier alpha value is -1.62. The highest BCUT2D eigenvalue weighted by molar-refractivity contribution is 5.76. The Morgan fingerprint density at radius 3 is 1.66 bits per heavy atom. The molecule has 35 heavy (non-hydrogen) atoms. The van der Waals surface area contributed by atoms with Crippen molar-refractivity contribution in [3.8, 4) is 0 Å². The van der Waals surface area contributed by atoms with Gasteiger partial charge in [-0.1, -0.05) is 38.2 Å². The van der Waals surface area contributed by atoms with Gasteiger partial charge in [-0.2, -0.15) is 0 Å². The topological polar surface area (TPSA) is 64.6 Å². The van der Waals surface area contributed by atoms with Crippen molar-refractivity contribution in [1.82, 2.24) is 5.32 Å². The normalized spacial score (nSPS) is 49.0. The molecule has 2 heterocycles. The quantitative estimate of drug-likeness (QED) is 0.441. The van der Waals surface area contributed by atoms with Crippen molar-refractivity contribution in [2.45, 2.75) is 90.3 Å². The number of carbonyl (C=O) groups is 2. The predicted molar refractivity (Wildman–Crippen MR) is 134 cm³/mol. The standard InChI is InChI=1S/C30H43NO4/c1-17-7-5-9-29(3)13-25-19(11-23(17)29)21(27(32)34-25)15-31-16-22-20-12-24-18(2)8-6-10-30(24,4)14-26(20)35-28(22)33/h19-26,31H,1-2,5-16H2,3-4H3/t19-,20-,21-,22+,23-,24+,25+,26-,29-,30+/m1/s1. The van der Waals surface area contributed by atoms with Gasteiger partial charge < -0.3 is 14.8 Å². The average molecular weight is 482 g/mol. The lowest BCUT2D eigenvalue weighted by atomic mass is 9.55. The van der Waals surface area contributed by atoms with Crippen LogP contribution in [0.5, 0.6) is 0 Å². The molecule has 0 aromatic rings. The van der Waals surface area contributed by atoms with E-state index in [1.165, 1.54) is 36.8 Å². The predicted octanol–water partition coefficient (Wildman–Crippen LogP) is 5.20. The number of rotatable bonds is 4. The van der Waals surface area contributed by atoms with E-state index in [0.717, 1.165) is 38.5 Å². The van der Waals surface area contributed by atoms with Gasteiger partial charge in [0.15, 0.2) is 0 Å². The van der Waals surface area contributed by atoms with Crippen molar-refractivity contribution in [3.63, 3.8) is 0 Å². The van der Waals surface area contributed by atoms with Crippen molar-refractivity contribution in [1.29, 1.82) is 0 Å². The number of nitrogens with one attached hydrogen (secondary N) is 1. The highest BCUT2D eigenvalue weighted by Gasteiger charge is 2.56. The first kappa shape index (κ1) is 23.8. The summed E-state index contributed by atoms with van der Waals surface area (Å²) in [4.78, 5) is 25.8. The second-order valence-electron chi connectivity index (χ2n) is 13.5. The van der Waals surface area contributed by atoms with Crippen LogP contribution in [0, 0.1) is 46.3 Å². The van der Waals surface area contributed by atoms with Crippen molar-refractivity contribution in [2.24, 2.45) is 46.3 Å². The maximum absolute atomic E-state index is 12.9. The highest BCUT2D eigenvalue weighted by atomic mass is 16.6. The Morgan fingerprint density at radius 1 is 0.800 bits per heavy atom. The lowest BCUT2D eigenvalue weighted by Crippen LogP contribution is -2.46. The minimum atomic E-state index is -0.125. The lowest BCUT2D eigenvalue weighted by molar-refractivity contribution is -0.146. The molecule has 2 saturated heterocycles. The molecule has 5 nitrogen and oxygen atoms in total. The summed E-state index contributed by atoms with van der Waals surface area (Å²) < 4.78 is 11.9. The molecule has 6 fully saturated rings. The minimum Gasteiger partial charge on any atom is -0.462 e. The maximum atomic E-state index is 12.9. The van der Waals surface area contributed by atoms with Crippen LogP contribution in [-0.2, 0) is 19.1 Å².